The van der Waals surface area contributed by atoms with E-state index in [0.717, 1.165) is 27.8 Å². The van der Waals surface area contributed by atoms with Crippen LogP contribution in [0.5, 0.6) is 0 Å². The summed E-state index contributed by atoms with van der Waals surface area (Å²) in [7, 11) is -2.74. The molecule has 29 heavy (non-hydrogen) atoms. The summed E-state index contributed by atoms with van der Waals surface area (Å²) >= 11 is 0. The van der Waals surface area contributed by atoms with Gasteiger partial charge in [0.2, 0.25) is 0 Å². The van der Waals surface area contributed by atoms with E-state index >= 15 is 0 Å². The quantitative estimate of drug-likeness (QED) is 0.349. The number of hydrogen-bond donors (Lipinski definition) is 0. The van der Waals surface area contributed by atoms with Crippen LogP contribution in [0.4, 0.5) is 14.4 Å². The van der Waals surface area contributed by atoms with E-state index in [1.54, 1.807) is 43.4 Å². The molecule has 0 unspecified atom stereocenters. The molecule has 0 aromatic carbocycles. The number of nitrogens with zero attached hydrogens (tertiary/aromatic N) is 3. The predicted octanol–water partition coefficient (Wildman–Crippen LogP) is 6.67. The maximum absolute atomic E-state index is 14.0. The van der Waals surface area contributed by atoms with Gasteiger partial charge in [-0.1, -0.05) is 56.5 Å². The molecule has 1 aromatic rings. The summed E-state index contributed by atoms with van der Waals surface area (Å²) in [5.74, 6) is 0.626. The van der Waals surface area contributed by atoms with Gasteiger partial charge in [-0.05, 0) is 61.6 Å². The molecule has 2 rings (SSSR count). The van der Waals surface area contributed by atoms with Crippen LogP contribution >= 0.6 is 0 Å². The van der Waals surface area contributed by atoms with E-state index in [2.05, 4.69) is 23.1 Å². The molecule has 0 bridgehead atoms. The van der Waals surface area contributed by atoms with E-state index in [4.69, 9.17) is 0 Å². The number of hydrogen-bond acceptors (Lipinski definition) is 1. The standard InChI is InChI=1S/C23H26BF2N3/c1-7-11-18(10-4)20-14-16(5)22(27-20)28-23-17(6)15-21(29(23)24(25)26)19(12-8-2)13-9-3/h8-15H,2,4,7H2,1,3,5-6H3/b13-9-,18-11+,19-12+,28-22-. The van der Waals surface area contributed by atoms with Crippen LogP contribution in [0.25, 0.3) is 5.57 Å². The highest BCUT2D eigenvalue weighted by Gasteiger charge is 2.27. The molecule has 0 atom stereocenters. The minimum Gasteiger partial charge on any atom is -0.310 e. The summed E-state index contributed by atoms with van der Waals surface area (Å²) in [6.45, 7) is 15.0. The van der Waals surface area contributed by atoms with Gasteiger partial charge in [0.05, 0.1) is 5.71 Å². The van der Waals surface area contributed by atoms with Gasteiger partial charge in [-0.25, -0.2) is 9.98 Å². The molecular formula is C23H26BF2N3. The molecule has 0 saturated carbocycles. The Labute approximate surface area is 172 Å². The average molecular weight is 393 g/mol. The van der Waals surface area contributed by atoms with Crippen molar-refractivity contribution in [1.82, 2.24) is 4.48 Å². The lowest BCUT2D eigenvalue weighted by Crippen LogP contribution is -2.15. The Hall–Kier alpha value is -3.02. The number of allylic oxidation sites excluding steroid dienone is 9. The van der Waals surface area contributed by atoms with Gasteiger partial charge in [-0.2, -0.15) is 0 Å². The number of aryl methyl sites for hydroxylation is 1. The van der Waals surface area contributed by atoms with Crippen LogP contribution < -0.4 is 0 Å². The van der Waals surface area contributed by atoms with Gasteiger partial charge in [0.1, 0.15) is 5.82 Å². The van der Waals surface area contributed by atoms with E-state index in [0.29, 0.717) is 22.7 Å². The van der Waals surface area contributed by atoms with Gasteiger partial charge in [0, 0.05) is 5.69 Å². The number of aromatic nitrogens is 1. The summed E-state index contributed by atoms with van der Waals surface area (Å²) < 4.78 is 29.0. The Morgan fingerprint density at radius 2 is 2.00 bits per heavy atom. The molecule has 3 nitrogen and oxygen atoms in total. The topological polar surface area (TPSA) is 29.6 Å². The summed E-state index contributed by atoms with van der Waals surface area (Å²) in [5.41, 5.74) is 4.14. The third-order valence-corrected chi connectivity index (χ3v) is 4.41. The van der Waals surface area contributed by atoms with E-state index in [1.165, 1.54) is 0 Å². The number of aliphatic imine (C=N–C) groups is 2. The third-order valence-electron chi connectivity index (χ3n) is 4.41. The van der Waals surface area contributed by atoms with Crippen molar-refractivity contribution in [1.29, 1.82) is 0 Å². The molecule has 1 aromatic heterocycles. The van der Waals surface area contributed by atoms with E-state index in [9.17, 15) is 8.63 Å². The molecule has 6 heteroatoms. The molecule has 0 saturated heterocycles. The first-order valence-electron chi connectivity index (χ1n) is 9.52. The Morgan fingerprint density at radius 3 is 2.55 bits per heavy atom. The van der Waals surface area contributed by atoms with Crippen LogP contribution in [0.15, 0.2) is 82.9 Å². The lowest BCUT2D eigenvalue weighted by atomic mass is 10.1. The zero-order valence-electron chi connectivity index (χ0n) is 17.4. The lowest BCUT2D eigenvalue weighted by molar-refractivity contribution is 0.629. The van der Waals surface area contributed by atoms with Crippen molar-refractivity contribution in [2.75, 3.05) is 0 Å². The average Bonchev–Trinajstić information content (AvgIpc) is 3.20. The normalized spacial score (nSPS) is 16.4. The number of rotatable bonds is 8. The van der Waals surface area contributed by atoms with Crippen molar-refractivity contribution in [3.63, 3.8) is 0 Å². The van der Waals surface area contributed by atoms with Crippen molar-refractivity contribution in [2.45, 2.75) is 34.1 Å². The van der Waals surface area contributed by atoms with Crippen molar-refractivity contribution >= 4 is 30.3 Å². The number of halogens is 2. The fraction of sp³-hybridized carbons (Fsp3) is 0.217. The molecule has 0 fully saturated rings. The Balaban J connectivity index is 2.65. The minimum atomic E-state index is -2.74. The van der Waals surface area contributed by atoms with Crippen molar-refractivity contribution in [2.24, 2.45) is 9.98 Å². The van der Waals surface area contributed by atoms with Crippen LogP contribution in [0, 0.1) is 6.92 Å². The lowest BCUT2D eigenvalue weighted by Gasteiger charge is -2.09. The van der Waals surface area contributed by atoms with Crippen LogP contribution in [0.1, 0.15) is 38.4 Å². The fourth-order valence-electron chi connectivity index (χ4n) is 3.12. The smallest absolute Gasteiger partial charge is 0.310 e. The van der Waals surface area contributed by atoms with Gasteiger partial charge in [-0.3, -0.25) is 8.63 Å². The zero-order valence-corrected chi connectivity index (χ0v) is 17.4. The first kappa shape index (κ1) is 22.3. The summed E-state index contributed by atoms with van der Waals surface area (Å²) in [5, 5.41) is 0. The van der Waals surface area contributed by atoms with E-state index in [1.807, 2.05) is 32.9 Å². The third kappa shape index (κ3) is 4.88. The Bertz CT molecular complexity index is 986. The first-order valence-corrected chi connectivity index (χ1v) is 9.52. The van der Waals surface area contributed by atoms with Gasteiger partial charge in [0.25, 0.3) is 0 Å². The molecule has 0 spiro atoms. The van der Waals surface area contributed by atoms with Crippen LogP contribution in [-0.2, 0) is 0 Å². The van der Waals surface area contributed by atoms with E-state index < -0.39 is 7.40 Å². The van der Waals surface area contributed by atoms with Gasteiger partial charge in [0.15, 0.2) is 5.84 Å². The van der Waals surface area contributed by atoms with Gasteiger partial charge in [-0.15, -0.1) is 0 Å². The van der Waals surface area contributed by atoms with Crippen molar-refractivity contribution in [3.05, 3.63) is 84.2 Å². The molecule has 2 heterocycles. The summed E-state index contributed by atoms with van der Waals surface area (Å²) in [6, 6.07) is 1.71. The van der Waals surface area contributed by atoms with Crippen LogP contribution in [-0.4, -0.2) is 23.4 Å². The Kier molecular flexibility index (Phi) is 7.65. The molecule has 1 aliphatic rings. The Morgan fingerprint density at radius 1 is 1.28 bits per heavy atom. The predicted molar refractivity (Wildman–Crippen MR) is 122 cm³/mol. The molecule has 1 aliphatic heterocycles. The maximum Gasteiger partial charge on any atom is 0.679 e. The molecule has 0 N–H and O–H groups in total. The monoisotopic (exact) mass is 393 g/mol. The number of amidine groups is 1. The maximum atomic E-state index is 14.0. The second-order valence-corrected chi connectivity index (χ2v) is 6.57. The van der Waals surface area contributed by atoms with E-state index in [-0.39, 0.29) is 5.82 Å². The summed E-state index contributed by atoms with van der Waals surface area (Å²) in [6.07, 6.45) is 13.4. The second-order valence-electron chi connectivity index (χ2n) is 6.57. The highest BCUT2D eigenvalue weighted by molar-refractivity contribution is 6.42. The molecule has 150 valence electrons. The zero-order chi connectivity index (χ0) is 21.6. The van der Waals surface area contributed by atoms with Crippen molar-refractivity contribution < 1.29 is 8.63 Å². The summed E-state index contributed by atoms with van der Waals surface area (Å²) in [4.78, 5) is 9.07. The van der Waals surface area contributed by atoms with Crippen LogP contribution in [0.3, 0.4) is 0 Å². The fourth-order valence-corrected chi connectivity index (χ4v) is 3.12. The van der Waals surface area contributed by atoms with Gasteiger partial charge >= 0.3 is 7.40 Å². The van der Waals surface area contributed by atoms with Crippen LogP contribution in [0.2, 0.25) is 0 Å². The molecule has 0 radical (unpaired) electrons. The molecule has 0 aliphatic carbocycles. The second kappa shape index (κ2) is 9.96. The molecular weight excluding hydrogens is 367 g/mol. The molecule has 0 amide bonds. The highest BCUT2D eigenvalue weighted by atomic mass is 19.2. The first-order chi connectivity index (χ1) is 13.9. The minimum absolute atomic E-state index is 0.196. The van der Waals surface area contributed by atoms with Gasteiger partial charge < -0.3 is 4.48 Å². The van der Waals surface area contributed by atoms with Crippen molar-refractivity contribution in [3.8, 4) is 0 Å². The highest BCUT2D eigenvalue weighted by Crippen LogP contribution is 2.32. The largest absolute Gasteiger partial charge is 0.679 e. The SMILES string of the molecule is C=C/C=C(\C=C/C)c1cc(C)c(/N=C2N=C(/C(C=C)=C/CC)C=C\2C)n1B(F)F.